The van der Waals surface area contributed by atoms with Gasteiger partial charge < -0.3 is 14.2 Å². The average molecular weight is 990 g/mol. The topological polar surface area (TPSA) is 78.9 Å². The van der Waals surface area contributed by atoms with Crippen molar-refractivity contribution in [3.8, 4) is 0 Å². The van der Waals surface area contributed by atoms with Crippen molar-refractivity contribution in [2.75, 3.05) is 13.2 Å². The summed E-state index contributed by atoms with van der Waals surface area (Å²) in [6.45, 7) is 11.5. The first-order valence-corrected chi connectivity index (χ1v) is 31.7. The molecular formula is C64H124O6. The number of unbranched alkanes of at least 4 members (excludes halogenated alkanes) is 43. The molecule has 6 heteroatoms. The van der Waals surface area contributed by atoms with Gasteiger partial charge in [-0.3, -0.25) is 14.4 Å². The lowest BCUT2D eigenvalue weighted by Gasteiger charge is -2.18. The molecule has 0 aliphatic rings. The molecule has 0 unspecified atom stereocenters. The van der Waals surface area contributed by atoms with Crippen LogP contribution in [0.4, 0.5) is 0 Å². The third kappa shape index (κ3) is 57.3. The first kappa shape index (κ1) is 68.4. The molecule has 0 saturated heterocycles. The molecule has 0 bridgehead atoms. The van der Waals surface area contributed by atoms with E-state index < -0.39 is 6.10 Å². The van der Waals surface area contributed by atoms with Gasteiger partial charge in [0.2, 0.25) is 0 Å². The number of ether oxygens (including phenoxy) is 3. The van der Waals surface area contributed by atoms with Crippen molar-refractivity contribution in [3.05, 3.63) is 0 Å². The third-order valence-electron chi connectivity index (χ3n) is 14.7. The van der Waals surface area contributed by atoms with E-state index in [0.29, 0.717) is 19.3 Å². The summed E-state index contributed by atoms with van der Waals surface area (Å²) in [5, 5.41) is 0. The Bertz CT molecular complexity index is 1070. The van der Waals surface area contributed by atoms with Gasteiger partial charge in [-0.05, 0) is 31.1 Å². The van der Waals surface area contributed by atoms with E-state index >= 15 is 0 Å². The zero-order chi connectivity index (χ0) is 51.1. The van der Waals surface area contributed by atoms with Gasteiger partial charge in [-0.15, -0.1) is 0 Å². The number of rotatable bonds is 58. The highest BCUT2D eigenvalue weighted by atomic mass is 16.6. The van der Waals surface area contributed by atoms with Gasteiger partial charge in [0.25, 0.3) is 0 Å². The number of hydrogen-bond donors (Lipinski definition) is 0. The molecule has 0 rings (SSSR count). The number of esters is 3. The molecule has 6 nitrogen and oxygen atoms in total. The standard InChI is InChI=1S/C64H124O6/c1-6-7-8-9-10-11-12-13-24-31-36-41-46-51-56-64(67)70-61(58-69-63(66)55-50-45-40-35-30-26-21-20-23-28-33-38-43-48-53-60(4)5)57-68-62(65)54-49-44-39-34-29-25-19-17-15-14-16-18-22-27-32-37-42-47-52-59(2)3/h59-61H,6-58H2,1-5H3/t61-/m1/s1. The minimum atomic E-state index is -0.763. The number of hydrogen-bond acceptors (Lipinski definition) is 6. The quantitative estimate of drug-likeness (QED) is 0.0343. The minimum absolute atomic E-state index is 0.0618. The van der Waals surface area contributed by atoms with Crippen molar-refractivity contribution in [1.82, 2.24) is 0 Å². The second-order valence-electron chi connectivity index (χ2n) is 23.0. The van der Waals surface area contributed by atoms with Gasteiger partial charge in [-0.1, -0.05) is 324 Å². The molecule has 0 spiro atoms. The maximum atomic E-state index is 12.9. The van der Waals surface area contributed by atoms with Crippen molar-refractivity contribution in [2.45, 2.75) is 368 Å². The van der Waals surface area contributed by atoms with Crippen molar-refractivity contribution in [2.24, 2.45) is 11.8 Å². The van der Waals surface area contributed by atoms with Crippen molar-refractivity contribution >= 4 is 17.9 Å². The lowest BCUT2D eigenvalue weighted by molar-refractivity contribution is -0.167. The average Bonchev–Trinajstić information content (AvgIpc) is 3.33. The summed E-state index contributed by atoms with van der Waals surface area (Å²) < 4.78 is 16.9. The van der Waals surface area contributed by atoms with Gasteiger partial charge in [0.05, 0.1) is 0 Å². The van der Waals surface area contributed by atoms with Gasteiger partial charge in [-0.25, -0.2) is 0 Å². The minimum Gasteiger partial charge on any atom is -0.462 e. The maximum absolute atomic E-state index is 12.9. The molecule has 0 aliphatic carbocycles. The highest BCUT2D eigenvalue weighted by Crippen LogP contribution is 2.19. The fourth-order valence-corrected chi connectivity index (χ4v) is 9.93. The highest BCUT2D eigenvalue weighted by molar-refractivity contribution is 5.71. The van der Waals surface area contributed by atoms with Crippen LogP contribution in [0.1, 0.15) is 362 Å². The van der Waals surface area contributed by atoms with Crippen molar-refractivity contribution in [1.29, 1.82) is 0 Å². The van der Waals surface area contributed by atoms with E-state index in [9.17, 15) is 14.4 Å². The molecule has 0 aromatic carbocycles. The second kappa shape index (κ2) is 56.7. The monoisotopic (exact) mass is 989 g/mol. The molecule has 0 aromatic heterocycles. The fourth-order valence-electron chi connectivity index (χ4n) is 9.93. The SMILES string of the molecule is CCCCCCCCCCCCCCCCC(=O)O[C@H](COC(=O)CCCCCCCCCCCCCCCCCCCCC(C)C)COC(=O)CCCCCCCCCCCCCCCCC(C)C. The van der Waals surface area contributed by atoms with Crippen LogP contribution in [-0.4, -0.2) is 37.2 Å². The van der Waals surface area contributed by atoms with Crippen LogP contribution in [-0.2, 0) is 28.6 Å². The molecule has 0 N–H and O–H groups in total. The van der Waals surface area contributed by atoms with Gasteiger partial charge in [-0.2, -0.15) is 0 Å². The summed E-state index contributed by atoms with van der Waals surface area (Å²) >= 11 is 0. The molecule has 0 amide bonds. The molecule has 0 aliphatic heterocycles. The van der Waals surface area contributed by atoms with E-state index in [0.717, 1.165) is 69.6 Å². The summed E-state index contributed by atoms with van der Waals surface area (Å²) in [4.78, 5) is 38.3. The van der Waals surface area contributed by atoms with Gasteiger partial charge in [0.15, 0.2) is 6.10 Å². The van der Waals surface area contributed by atoms with E-state index in [4.69, 9.17) is 14.2 Å². The van der Waals surface area contributed by atoms with E-state index in [1.165, 1.54) is 250 Å². The molecule has 0 heterocycles. The lowest BCUT2D eigenvalue weighted by atomic mass is 10.0. The van der Waals surface area contributed by atoms with Crippen molar-refractivity contribution < 1.29 is 28.6 Å². The predicted molar refractivity (Wildman–Crippen MR) is 303 cm³/mol. The van der Waals surface area contributed by atoms with Crippen LogP contribution >= 0.6 is 0 Å². The Labute approximate surface area is 438 Å². The van der Waals surface area contributed by atoms with Crippen LogP contribution in [0, 0.1) is 11.8 Å². The zero-order valence-corrected chi connectivity index (χ0v) is 48.2. The molecule has 416 valence electrons. The Balaban J connectivity index is 4.25. The smallest absolute Gasteiger partial charge is 0.306 e. The maximum Gasteiger partial charge on any atom is 0.306 e. The second-order valence-corrected chi connectivity index (χ2v) is 23.0. The van der Waals surface area contributed by atoms with Crippen LogP contribution in [0.5, 0.6) is 0 Å². The zero-order valence-electron chi connectivity index (χ0n) is 48.2. The van der Waals surface area contributed by atoms with E-state index in [1.807, 2.05) is 0 Å². The number of carbonyl (C=O) groups is 3. The highest BCUT2D eigenvalue weighted by Gasteiger charge is 2.19. The van der Waals surface area contributed by atoms with Crippen LogP contribution in [0.2, 0.25) is 0 Å². The van der Waals surface area contributed by atoms with Crippen LogP contribution in [0.3, 0.4) is 0 Å². The summed E-state index contributed by atoms with van der Waals surface area (Å²) in [6.07, 6.45) is 62.4. The third-order valence-corrected chi connectivity index (χ3v) is 14.7. The van der Waals surface area contributed by atoms with Crippen molar-refractivity contribution in [3.63, 3.8) is 0 Å². The van der Waals surface area contributed by atoms with Gasteiger partial charge >= 0.3 is 17.9 Å². The summed E-state index contributed by atoms with van der Waals surface area (Å²) in [5.41, 5.74) is 0. The van der Waals surface area contributed by atoms with Crippen LogP contribution < -0.4 is 0 Å². The van der Waals surface area contributed by atoms with E-state index in [2.05, 4.69) is 34.6 Å². The Morgan fingerprint density at radius 1 is 0.271 bits per heavy atom. The summed E-state index contributed by atoms with van der Waals surface area (Å²) in [6, 6.07) is 0. The first-order valence-electron chi connectivity index (χ1n) is 31.7. The first-order chi connectivity index (χ1) is 34.2. The van der Waals surface area contributed by atoms with Crippen LogP contribution in [0.15, 0.2) is 0 Å². The molecule has 70 heavy (non-hydrogen) atoms. The number of carbonyl (C=O) groups excluding carboxylic acids is 3. The molecule has 0 aromatic rings. The summed E-state index contributed by atoms with van der Waals surface area (Å²) in [7, 11) is 0. The Kier molecular flexibility index (Phi) is 55.4. The Hall–Kier alpha value is -1.59. The molecule has 0 saturated carbocycles. The molecule has 0 fully saturated rings. The summed E-state index contributed by atoms with van der Waals surface area (Å²) in [5.74, 6) is 0.872. The van der Waals surface area contributed by atoms with Gasteiger partial charge in [0.1, 0.15) is 13.2 Å². The predicted octanol–water partition coefficient (Wildman–Crippen LogP) is 21.2. The van der Waals surface area contributed by atoms with E-state index in [-0.39, 0.29) is 31.1 Å². The van der Waals surface area contributed by atoms with Crippen LogP contribution in [0.25, 0.3) is 0 Å². The largest absolute Gasteiger partial charge is 0.462 e. The molecule has 0 radical (unpaired) electrons. The van der Waals surface area contributed by atoms with E-state index in [1.54, 1.807) is 0 Å². The molecule has 1 atom stereocenters. The Morgan fingerprint density at radius 3 is 0.700 bits per heavy atom. The lowest BCUT2D eigenvalue weighted by Crippen LogP contribution is -2.30. The molecular weight excluding hydrogens is 865 g/mol. The fraction of sp³-hybridized carbons (Fsp3) is 0.953. The van der Waals surface area contributed by atoms with Gasteiger partial charge in [0, 0.05) is 19.3 Å². The Morgan fingerprint density at radius 2 is 0.471 bits per heavy atom. The normalized spacial score (nSPS) is 12.0.